The lowest BCUT2D eigenvalue weighted by Crippen LogP contribution is -2.25. The molecule has 5 nitrogen and oxygen atoms in total. The van der Waals surface area contributed by atoms with Crippen LogP contribution in [-0.2, 0) is 11.0 Å². The molecule has 3 rings (SSSR count). The van der Waals surface area contributed by atoms with E-state index in [4.69, 9.17) is 4.74 Å². The fourth-order valence-corrected chi connectivity index (χ4v) is 2.73. The number of benzene rings is 2. The predicted octanol–water partition coefficient (Wildman–Crippen LogP) is 3.26. The molecule has 1 aliphatic rings. The number of para-hydroxylation sites is 1. The van der Waals surface area contributed by atoms with Gasteiger partial charge < -0.3 is 10.1 Å². The number of hydrazine groups is 1. The van der Waals surface area contributed by atoms with Crippen molar-refractivity contribution in [1.29, 1.82) is 0 Å². The molecule has 138 valence electrons. The molecule has 1 saturated heterocycles. The Hall–Kier alpha value is -2.58. The predicted molar refractivity (Wildman–Crippen MR) is 90.5 cm³/mol. The molecule has 1 amide bonds. The SMILES string of the molecule is O=C(COc1ccccc1C(F)(F)F)Nc1cccc(C2CCNN2)c1. The maximum Gasteiger partial charge on any atom is 0.419 e. The molecule has 2 aromatic carbocycles. The van der Waals surface area contributed by atoms with Gasteiger partial charge in [-0.2, -0.15) is 13.2 Å². The molecule has 0 bridgehead atoms. The van der Waals surface area contributed by atoms with Crippen molar-refractivity contribution in [2.75, 3.05) is 18.5 Å². The standard InChI is InChI=1S/C18H18F3N3O2/c19-18(20,21)14-6-1-2-7-16(14)26-11-17(25)23-13-5-3-4-12(10-13)15-8-9-22-24-15/h1-7,10,15,22,24H,8-9,11H2,(H,23,25). The highest BCUT2D eigenvalue weighted by Gasteiger charge is 2.34. The molecule has 0 saturated carbocycles. The van der Waals surface area contributed by atoms with E-state index in [1.807, 2.05) is 18.2 Å². The number of alkyl halides is 3. The second kappa shape index (κ2) is 7.76. The maximum atomic E-state index is 12.9. The summed E-state index contributed by atoms with van der Waals surface area (Å²) in [4.78, 5) is 12.0. The van der Waals surface area contributed by atoms with Crippen molar-refractivity contribution in [2.24, 2.45) is 0 Å². The zero-order valence-corrected chi connectivity index (χ0v) is 13.8. The van der Waals surface area contributed by atoms with Crippen molar-refractivity contribution in [1.82, 2.24) is 10.9 Å². The highest BCUT2D eigenvalue weighted by atomic mass is 19.4. The summed E-state index contributed by atoms with van der Waals surface area (Å²) in [6.45, 7) is 0.342. The summed E-state index contributed by atoms with van der Waals surface area (Å²) in [7, 11) is 0. The second-order valence-electron chi connectivity index (χ2n) is 5.87. The van der Waals surface area contributed by atoms with E-state index in [1.54, 1.807) is 6.07 Å². The van der Waals surface area contributed by atoms with Gasteiger partial charge in [-0.25, -0.2) is 0 Å². The van der Waals surface area contributed by atoms with Crippen LogP contribution in [-0.4, -0.2) is 19.1 Å². The first-order valence-corrected chi connectivity index (χ1v) is 8.11. The van der Waals surface area contributed by atoms with Crippen LogP contribution >= 0.6 is 0 Å². The van der Waals surface area contributed by atoms with Crippen LogP contribution in [0, 0.1) is 0 Å². The summed E-state index contributed by atoms with van der Waals surface area (Å²) in [5.41, 5.74) is 6.83. The van der Waals surface area contributed by atoms with Gasteiger partial charge in [0.05, 0.1) is 5.56 Å². The van der Waals surface area contributed by atoms with E-state index in [1.165, 1.54) is 18.2 Å². The van der Waals surface area contributed by atoms with Crippen molar-refractivity contribution in [3.8, 4) is 5.75 Å². The molecular weight excluding hydrogens is 347 g/mol. The van der Waals surface area contributed by atoms with Gasteiger partial charge in [-0.3, -0.25) is 15.6 Å². The summed E-state index contributed by atoms with van der Waals surface area (Å²) in [6, 6.07) is 12.2. The molecular formula is C18H18F3N3O2. The Balaban J connectivity index is 1.61. The van der Waals surface area contributed by atoms with Crippen molar-refractivity contribution < 1.29 is 22.7 Å². The number of halogens is 3. The van der Waals surface area contributed by atoms with Crippen LogP contribution < -0.4 is 20.9 Å². The highest BCUT2D eigenvalue weighted by Crippen LogP contribution is 2.35. The Morgan fingerprint density at radius 1 is 1.19 bits per heavy atom. The van der Waals surface area contributed by atoms with Crippen LogP contribution in [0.5, 0.6) is 5.75 Å². The summed E-state index contributed by atoms with van der Waals surface area (Å²) in [6.07, 6.45) is -3.61. The van der Waals surface area contributed by atoms with Crippen molar-refractivity contribution in [3.63, 3.8) is 0 Å². The summed E-state index contributed by atoms with van der Waals surface area (Å²) >= 11 is 0. The van der Waals surface area contributed by atoms with Gasteiger partial charge in [0.2, 0.25) is 0 Å². The minimum Gasteiger partial charge on any atom is -0.483 e. The lowest BCUT2D eigenvalue weighted by molar-refractivity contribution is -0.139. The molecule has 1 unspecified atom stereocenters. The molecule has 8 heteroatoms. The van der Waals surface area contributed by atoms with Crippen LogP contribution in [0.15, 0.2) is 48.5 Å². The number of nitrogens with one attached hydrogen (secondary N) is 3. The van der Waals surface area contributed by atoms with Gasteiger partial charge >= 0.3 is 6.18 Å². The molecule has 1 fully saturated rings. The van der Waals surface area contributed by atoms with Crippen LogP contribution in [0.3, 0.4) is 0 Å². The number of carbonyl (C=O) groups excluding carboxylic acids is 1. The molecule has 0 radical (unpaired) electrons. The Bertz CT molecular complexity index is 774. The number of rotatable bonds is 5. The van der Waals surface area contributed by atoms with Crippen molar-refractivity contribution >= 4 is 11.6 Å². The van der Waals surface area contributed by atoms with Crippen molar-refractivity contribution in [3.05, 3.63) is 59.7 Å². The minimum atomic E-state index is -4.54. The first-order valence-electron chi connectivity index (χ1n) is 8.11. The zero-order valence-electron chi connectivity index (χ0n) is 13.8. The van der Waals surface area contributed by atoms with Gasteiger partial charge in [0, 0.05) is 18.3 Å². The van der Waals surface area contributed by atoms with Crippen molar-refractivity contribution in [2.45, 2.75) is 18.6 Å². The van der Waals surface area contributed by atoms with E-state index in [-0.39, 0.29) is 11.8 Å². The van der Waals surface area contributed by atoms with Crippen LogP contribution in [0.4, 0.5) is 18.9 Å². The first kappa shape index (κ1) is 18.2. The van der Waals surface area contributed by atoms with E-state index >= 15 is 0 Å². The number of hydrogen-bond donors (Lipinski definition) is 3. The van der Waals surface area contributed by atoms with Gasteiger partial charge in [0.1, 0.15) is 5.75 Å². The van der Waals surface area contributed by atoms with Gasteiger partial charge in [0.15, 0.2) is 6.61 Å². The normalized spacial score (nSPS) is 17.1. The molecule has 1 heterocycles. The highest BCUT2D eigenvalue weighted by molar-refractivity contribution is 5.92. The van der Waals surface area contributed by atoms with Gasteiger partial charge in [0.25, 0.3) is 5.91 Å². The quantitative estimate of drug-likeness (QED) is 0.761. The second-order valence-corrected chi connectivity index (χ2v) is 5.87. The Kier molecular flexibility index (Phi) is 5.43. The van der Waals surface area contributed by atoms with Crippen LogP contribution in [0.1, 0.15) is 23.6 Å². The zero-order chi connectivity index (χ0) is 18.6. The molecule has 1 atom stereocenters. The topological polar surface area (TPSA) is 62.4 Å². The Labute approximate surface area is 148 Å². The van der Waals surface area contributed by atoms with E-state index in [0.717, 1.165) is 24.6 Å². The Morgan fingerprint density at radius 2 is 2.00 bits per heavy atom. The minimum absolute atomic E-state index is 0.154. The molecule has 1 aliphatic heterocycles. The van der Waals surface area contributed by atoms with E-state index in [0.29, 0.717) is 5.69 Å². The summed E-state index contributed by atoms with van der Waals surface area (Å²) < 4.78 is 43.8. The maximum absolute atomic E-state index is 12.9. The van der Waals surface area contributed by atoms with Gasteiger partial charge in [-0.1, -0.05) is 24.3 Å². The first-order chi connectivity index (χ1) is 12.4. The molecule has 0 aromatic heterocycles. The van der Waals surface area contributed by atoms with Crippen LogP contribution in [0.2, 0.25) is 0 Å². The average molecular weight is 365 g/mol. The summed E-state index contributed by atoms with van der Waals surface area (Å²) in [5, 5.41) is 2.64. The van der Waals surface area contributed by atoms with Crippen LogP contribution in [0.25, 0.3) is 0 Å². The number of hydrogen-bond acceptors (Lipinski definition) is 4. The molecule has 0 spiro atoms. The molecule has 0 aliphatic carbocycles. The number of carbonyl (C=O) groups is 1. The van der Waals surface area contributed by atoms with Gasteiger partial charge in [-0.15, -0.1) is 0 Å². The molecule has 26 heavy (non-hydrogen) atoms. The van der Waals surface area contributed by atoms with E-state index in [9.17, 15) is 18.0 Å². The number of ether oxygens (including phenoxy) is 1. The van der Waals surface area contributed by atoms with Gasteiger partial charge in [-0.05, 0) is 36.2 Å². The monoisotopic (exact) mass is 365 g/mol. The molecule has 2 aromatic rings. The number of amides is 1. The third-order valence-electron chi connectivity index (χ3n) is 3.96. The largest absolute Gasteiger partial charge is 0.483 e. The average Bonchev–Trinajstić information content (AvgIpc) is 3.14. The summed E-state index contributed by atoms with van der Waals surface area (Å²) in [5.74, 6) is -0.901. The van der Waals surface area contributed by atoms with E-state index < -0.39 is 24.3 Å². The molecule has 3 N–H and O–H groups in total. The lowest BCUT2D eigenvalue weighted by atomic mass is 10.1. The Morgan fingerprint density at radius 3 is 2.73 bits per heavy atom. The lowest BCUT2D eigenvalue weighted by Gasteiger charge is -2.14. The smallest absolute Gasteiger partial charge is 0.419 e. The fourth-order valence-electron chi connectivity index (χ4n) is 2.73. The van der Waals surface area contributed by atoms with E-state index in [2.05, 4.69) is 16.2 Å². The fraction of sp³-hybridized carbons (Fsp3) is 0.278. The third kappa shape index (κ3) is 4.53. The third-order valence-corrected chi connectivity index (χ3v) is 3.96. The number of anilines is 1.